The fourth-order valence-corrected chi connectivity index (χ4v) is 1.24. The average molecular weight is 138 g/mol. The second-order valence-corrected chi connectivity index (χ2v) is 2.55. The average Bonchev–Trinajstić information content (AvgIpc) is 2.28. The number of hydrogen-bond acceptors (Lipinski definition) is 3. The Labute approximate surface area is 59.4 Å². The summed E-state index contributed by atoms with van der Waals surface area (Å²) >= 11 is 0. The Morgan fingerprint density at radius 3 is 3.60 bits per heavy atom. The van der Waals surface area contributed by atoms with Crippen LogP contribution in [0.25, 0.3) is 0 Å². The molecule has 0 unspecified atom stereocenters. The van der Waals surface area contributed by atoms with Crippen LogP contribution < -0.4 is 5.32 Å². The van der Waals surface area contributed by atoms with Crippen LogP contribution >= 0.6 is 0 Å². The van der Waals surface area contributed by atoms with Gasteiger partial charge >= 0.3 is 0 Å². The van der Waals surface area contributed by atoms with Gasteiger partial charge in [0.15, 0.2) is 5.76 Å². The Balaban J connectivity index is 2.28. The monoisotopic (exact) mass is 138 g/mol. The van der Waals surface area contributed by atoms with Crippen molar-refractivity contribution < 1.29 is 4.52 Å². The third-order valence-corrected chi connectivity index (χ3v) is 1.81. The van der Waals surface area contributed by atoms with Gasteiger partial charge in [-0.2, -0.15) is 0 Å². The molecule has 0 fully saturated rings. The molecule has 0 aliphatic carbocycles. The molecule has 1 N–H and O–H groups in total. The van der Waals surface area contributed by atoms with E-state index in [1.165, 1.54) is 12.0 Å². The van der Waals surface area contributed by atoms with Crippen molar-refractivity contribution in [1.29, 1.82) is 0 Å². The Bertz CT molecular complexity index is 199. The molecule has 0 aromatic carbocycles. The zero-order chi connectivity index (χ0) is 6.81. The first-order valence-corrected chi connectivity index (χ1v) is 3.60. The zero-order valence-electron chi connectivity index (χ0n) is 5.76. The summed E-state index contributed by atoms with van der Waals surface area (Å²) in [5.74, 6) is 1.01. The lowest BCUT2D eigenvalue weighted by Gasteiger charge is -1.92. The van der Waals surface area contributed by atoms with Crippen LogP contribution in [0.4, 0.5) is 0 Å². The van der Waals surface area contributed by atoms with E-state index >= 15 is 0 Å². The highest BCUT2D eigenvalue weighted by atomic mass is 16.5. The minimum absolute atomic E-state index is 0.843. The third kappa shape index (κ3) is 0.926. The summed E-state index contributed by atoms with van der Waals surface area (Å²) in [5, 5.41) is 6.99. The number of fused-ring (bicyclic) bond motifs is 1. The fourth-order valence-electron chi connectivity index (χ4n) is 1.24. The molecule has 0 saturated carbocycles. The molecule has 0 amide bonds. The first-order valence-electron chi connectivity index (χ1n) is 3.60. The molecule has 54 valence electrons. The van der Waals surface area contributed by atoms with Crippen LogP contribution in [0.5, 0.6) is 0 Å². The number of nitrogens with zero attached hydrogens (tertiary/aromatic N) is 1. The Hall–Kier alpha value is -0.830. The molecule has 0 radical (unpaired) electrons. The predicted molar refractivity (Wildman–Crippen MR) is 36.5 cm³/mol. The van der Waals surface area contributed by atoms with Crippen LogP contribution in [0.3, 0.4) is 0 Å². The van der Waals surface area contributed by atoms with Crippen molar-refractivity contribution in [3.8, 4) is 0 Å². The van der Waals surface area contributed by atoms with Gasteiger partial charge in [-0.1, -0.05) is 5.16 Å². The molecule has 2 heterocycles. The van der Waals surface area contributed by atoms with Gasteiger partial charge in [0, 0.05) is 5.56 Å². The van der Waals surface area contributed by atoms with Crippen molar-refractivity contribution >= 4 is 0 Å². The summed E-state index contributed by atoms with van der Waals surface area (Å²) in [5.41, 5.74) is 1.27. The molecule has 2 rings (SSSR count). The quantitative estimate of drug-likeness (QED) is 0.573. The van der Waals surface area contributed by atoms with Crippen LogP contribution in [-0.4, -0.2) is 11.7 Å². The lowest BCUT2D eigenvalue weighted by atomic mass is 10.2. The molecule has 0 saturated heterocycles. The molecule has 0 atom stereocenters. The lowest BCUT2D eigenvalue weighted by Crippen LogP contribution is -2.11. The van der Waals surface area contributed by atoms with E-state index < -0.39 is 0 Å². The molecule has 3 heteroatoms. The van der Waals surface area contributed by atoms with Gasteiger partial charge in [-0.15, -0.1) is 0 Å². The molecule has 1 aliphatic rings. The smallest absolute Gasteiger partial charge is 0.153 e. The van der Waals surface area contributed by atoms with Crippen molar-refractivity contribution in [3.05, 3.63) is 17.5 Å². The number of rotatable bonds is 0. The van der Waals surface area contributed by atoms with E-state index in [1.54, 1.807) is 0 Å². The Morgan fingerprint density at radius 2 is 2.60 bits per heavy atom. The molecule has 10 heavy (non-hydrogen) atoms. The second-order valence-electron chi connectivity index (χ2n) is 2.55. The van der Waals surface area contributed by atoms with Gasteiger partial charge in [0.1, 0.15) is 0 Å². The summed E-state index contributed by atoms with van der Waals surface area (Å²) in [6, 6.07) is 0. The van der Waals surface area contributed by atoms with Crippen molar-refractivity contribution in [2.24, 2.45) is 0 Å². The van der Waals surface area contributed by atoms with Crippen LogP contribution in [0.15, 0.2) is 10.7 Å². The van der Waals surface area contributed by atoms with Gasteiger partial charge in [-0.25, -0.2) is 0 Å². The maximum atomic E-state index is 5.02. The van der Waals surface area contributed by atoms with Crippen molar-refractivity contribution in [1.82, 2.24) is 10.5 Å². The highest BCUT2D eigenvalue weighted by molar-refractivity contribution is 5.14. The number of aromatic nitrogens is 1. The molecule has 0 spiro atoms. The first kappa shape index (κ1) is 5.92. The van der Waals surface area contributed by atoms with E-state index in [0.717, 1.165) is 25.3 Å². The van der Waals surface area contributed by atoms with E-state index in [9.17, 15) is 0 Å². The van der Waals surface area contributed by atoms with Gasteiger partial charge < -0.3 is 9.84 Å². The van der Waals surface area contributed by atoms with E-state index in [4.69, 9.17) is 4.52 Å². The minimum Gasteiger partial charge on any atom is -0.360 e. The second kappa shape index (κ2) is 2.42. The van der Waals surface area contributed by atoms with Crippen LogP contribution in [-0.2, 0) is 13.0 Å². The van der Waals surface area contributed by atoms with Gasteiger partial charge in [0.2, 0.25) is 0 Å². The van der Waals surface area contributed by atoms with Gasteiger partial charge in [-0.05, 0) is 19.4 Å². The van der Waals surface area contributed by atoms with E-state index in [0.29, 0.717) is 0 Å². The number of hydrogen-bond donors (Lipinski definition) is 1. The summed E-state index contributed by atoms with van der Waals surface area (Å²) in [7, 11) is 0. The van der Waals surface area contributed by atoms with Gasteiger partial charge in [0.05, 0.1) is 12.7 Å². The first-order chi connectivity index (χ1) is 4.97. The van der Waals surface area contributed by atoms with Crippen molar-refractivity contribution in [2.75, 3.05) is 6.54 Å². The summed E-state index contributed by atoms with van der Waals surface area (Å²) in [6.07, 6.45) is 4.11. The summed E-state index contributed by atoms with van der Waals surface area (Å²) in [4.78, 5) is 0. The molecular formula is C7H10N2O. The highest BCUT2D eigenvalue weighted by Crippen LogP contribution is 2.12. The maximum Gasteiger partial charge on any atom is 0.153 e. The summed E-state index contributed by atoms with van der Waals surface area (Å²) in [6.45, 7) is 1.93. The molecular weight excluding hydrogens is 128 g/mol. The normalized spacial score (nSPS) is 18.0. The molecule has 3 nitrogen and oxygen atoms in total. The third-order valence-electron chi connectivity index (χ3n) is 1.81. The van der Waals surface area contributed by atoms with Crippen LogP contribution in [0.1, 0.15) is 17.7 Å². The highest BCUT2D eigenvalue weighted by Gasteiger charge is 2.09. The van der Waals surface area contributed by atoms with Crippen LogP contribution in [0.2, 0.25) is 0 Å². The molecule has 1 aromatic heterocycles. The number of aryl methyl sites for hydroxylation is 1. The zero-order valence-corrected chi connectivity index (χ0v) is 5.76. The van der Waals surface area contributed by atoms with Crippen LogP contribution in [0, 0.1) is 0 Å². The summed E-state index contributed by atoms with van der Waals surface area (Å²) < 4.78 is 5.02. The standard InChI is InChI=1S/C7H10N2O/c1-2-6-4-9-10-7(6)5-8-3-1/h4,8H,1-3,5H2. The Morgan fingerprint density at radius 1 is 1.60 bits per heavy atom. The van der Waals surface area contributed by atoms with Crippen molar-refractivity contribution in [3.63, 3.8) is 0 Å². The maximum absolute atomic E-state index is 5.02. The Kier molecular flexibility index (Phi) is 1.43. The predicted octanol–water partition coefficient (Wildman–Crippen LogP) is 0.710. The van der Waals surface area contributed by atoms with E-state index in [2.05, 4.69) is 10.5 Å². The van der Waals surface area contributed by atoms with Gasteiger partial charge in [-0.3, -0.25) is 0 Å². The fraction of sp³-hybridized carbons (Fsp3) is 0.571. The SMILES string of the molecule is c1noc2c1CCCNC2. The minimum atomic E-state index is 0.843. The number of nitrogens with one attached hydrogen (secondary N) is 1. The topological polar surface area (TPSA) is 38.1 Å². The van der Waals surface area contributed by atoms with E-state index in [1.807, 2.05) is 6.20 Å². The van der Waals surface area contributed by atoms with E-state index in [-0.39, 0.29) is 0 Å². The molecule has 1 aromatic rings. The largest absolute Gasteiger partial charge is 0.360 e. The van der Waals surface area contributed by atoms with Gasteiger partial charge in [0.25, 0.3) is 0 Å². The molecule has 0 bridgehead atoms. The lowest BCUT2D eigenvalue weighted by molar-refractivity contribution is 0.375. The molecule has 1 aliphatic heterocycles. The van der Waals surface area contributed by atoms with Crippen molar-refractivity contribution in [2.45, 2.75) is 19.4 Å².